The van der Waals surface area contributed by atoms with Crippen LogP contribution in [-0.2, 0) is 0 Å². The van der Waals surface area contributed by atoms with E-state index >= 15 is 0 Å². The molecule has 1 saturated carbocycles. The quantitative estimate of drug-likeness (QED) is 0.534. The number of nitrogens with one attached hydrogen (secondary N) is 1. The van der Waals surface area contributed by atoms with E-state index in [1.807, 2.05) is 42.5 Å². The monoisotopic (exact) mass is 415 g/mol. The number of hydrogen-bond donors (Lipinski definition) is 1. The lowest BCUT2D eigenvalue weighted by Gasteiger charge is -2.32. The molecule has 0 unspecified atom stereocenters. The molecule has 1 aromatic carbocycles. The molecule has 4 heteroatoms. The average molecular weight is 416 g/mol. The fourth-order valence-electron chi connectivity index (χ4n) is 4.87. The van der Waals surface area contributed by atoms with Gasteiger partial charge in [0.2, 0.25) is 0 Å². The van der Waals surface area contributed by atoms with Gasteiger partial charge in [-0.2, -0.15) is 0 Å². The summed E-state index contributed by atoms with van der Waals surface area (Å²) in [5, 5.41) is 4.12. The van der Waals surface area contributed by atoms with Crippen LogP contribution < -0.4 is 5.32 Å². The van der Waals surface area contributed by atoms with Gasteiger partial charge in [-0.1, -0.05) is 51.8 Å². The van der Waals surface area contributed by atoms with Gasteiger partial charge in [0.05, 0.1) is 16.8 Å². The van der Waals surface area contributed by atoms with Crippen molar-refractivity contribution in [3.8, 4) is 11.3 Å². The van der Waals surface area contributed by atoms with E-state index in [1.54, 1.807) is 12.4 Å². The lowest BCUT2D eigenvalue weighted by atomic mass is 9.74. The highest BCUT2D eigenvalue weighted by Crippen LogP contribution is 2.36. The molecule has 1 amide bonds. The van der Waals surface area contributed by atoms with Crippen LogP contribution in [0.2, 0.25) is 0 Å². The molecule has 1 aliphatic carbocycles. The van der Waals surface area contributed by atoms with Gasteiger partial charge in [0, 0.05) is 29.9 Å². The van der Waals surface area contributed by atoms with E-state index in [9.17, 15) is 4.79 Å². The number of amides is 1. The predicted molar refractivity (Wildman–Crippen MR) is 127 cm³/mol. The van der Waals surface area contributed by atoms with E-state index in [0.717, 1.165) is 34.6 Å². The van der Waals surface area contributed by atoms with Gasteiger partial charge in [-0.25, -0.2) is 4.98 Å². The fourth-order valence-corrected chi connectivity index (χ4v) is 4.87. The molecule has 0 bridgehead atoms. The van der Waals surface area contributed by atoms with Gasteiger partial charge >= 0.3 is 0 Å². The molecule has 2 heterocycles. The largest absolute Gasteiger partial charge is 0.352 e. The van der Waals surface area contributed by atoms with E-state index < -0.39 is 0 Å². The Labute approximate surface area is 185 Å². The van der Waals surface area contributed by atoms with Gasteiger partial charge in [-0.15, -0.1) is 0 Å². The molecule has 4 nitrogen and oxygen atoms in total. The van der Waals surface area contributed by atoms with E-state index in [2.05, 4.69) is 31.1 Å². The lowest BCUT2D eigenvalue weighted by molar-refractivity contribution is 0.0941. The smallest absolute Gasteiger partial charge is 0.252 e. The SMILES string of the molecule is CC(C)(C)CC1CCC(CNC(=O)c2cc(-c3ccncc3)nc3ccccc23)CC1. The van der Waals surface area contributed by atoms with Crippen LogP contribution in [0.4, 0.5) is 0 Å². The molecule has 0 radical (unpaired) electrons. The first-order valence-corrected chi connectivity index (χ1v) is 11.5. The van der Waals surface area contributed by atoms with Crippen molar-refractivity contribution < 1.29 is 4.79 Å². The molecule has 1 fully saturated rings. The minimum atomic E-state index is -0.00859. The Morgan fingerprint density at radius 3 is 2.39 bits per heavy atom. The number of para-hydroxylation sites is 1. The van der Waals surface area contributed by atoms with Gasteiger partial charge in [0.1, 0.15) is 0 Å². The van der Waals surface area contributed by atoms with Crippen molar-refractivity contribution in [2.45, 2.75) is 52.9 Å². The third-order valence-corrected chi connectivity index (χ3v) is 6.36. The second-order valence-electron chi connectivity index (χ2n) is 10.2. The summed E-state index contributed by atoms with van der Waals surface area (Å²) in [4.78, 5) is 22.0. The number of carbonyl (C=O) groups excluding carboxylic acids is 1. The van der Waals surface area contributed by atoms with Crippen molar-refractivity contribution in [1.29, 1.82) is 0 Å². The number of pyridine rings is 2. The molecule has 0 spiro atoms. The van der Waals surface area contributed by atoms with Crippen LogP contribution in [0.3, 0.4) is 0 Å². The first kappa shape index (κ1) is 21.5. The van der Waals surface area contributed by atoms with Gasteiger partial charge in [-0.3, -0.25) is 9.78 Å². The number of nitrogens with zero attached hydrogens (tertiary/aromatic N) is 2. The van der Waals surface area contributed by atoms with Crippen LogP contribution >= 0.6 is 0 Å². The molecule has 4 rings (SSSR count). The van der Waals surface area contributed by atoms with Crippen LogP contribution in [0.15, 0.2) is 54.9 Å². The predicted octanol–water partition coefficient (Wildman–Crippen LogP) is 6.27. The maximum atomic E-state index is 13.2. The first-order chi connectivity index (χ1) is 14.9. The van der Waals surface area contributed by atoms with Gasteiger partial charge < -0.3 is 5.32 Å². The number of hydrogen-bond acceptors (Lipinski definition) is 3. The summed E-state index contributed by atoms with van der Waals surface area (Å²) in [5.74, 6) is 1.40. The van der Waals surface area contributed by atoms with Crippen molar-refractivity contribution in [1.82, 2.24) is 15.3 Å². The summed E-state index contributed by atoms with van der Waals surface area (Å²) >= 11 is 0. The Balaban J connectivity index is 1.46. The maximum absolute atomic E-state index is 13.2. The van der Waals surface area contributed by atoms with Gasteiger partial charge in [-0.05, 0) is 60.8 Å². The van der Waals surface area contributed by atoms with E-state index in [4.69, 9.17) is 4.98 Å². The molecule has 2 aromatic heterocycles. The number of carbonyl (C=O) groups is 1. The zero-order chi connectivity index (χ0) is 21.8. The number of benzene rings is 1. The Kier molecular flexibility index (Phi) is 6.35. The summed E-state index contributed by atoms with van der Waals surface area (Å²) < 4.78 is 0. The highest BCUT2D eigenvalue weighted by Gasteiger charge is 2.25. The normalized spacial score (nSPS) is 19.3. The van der Waals surface area contributed by atoms with E-state index in [-0.39, 0.29) is 5.91 Å². The van der Waals surface area contributed by atoms with Crippen molar-refractivity contribution in [2.24, 2.45) is 17.3 Å². The molecular weight excluding hydrogens is 382 g/mol. The Morgan fingerprint density at radius 1 is 1.00 bits per heavy atom. The molecule has 0 aliphatic heterocycles. The fraction of sp³-hybridized carbons (Fsp3) is 0.444. The highest BCUT2D eigenvalue weighted by molar-refractivity contribution is 6.07. The van der Waals surface area contributed by atoms with E-state index in [1.165, 1.54) is 32.1 Å². The van der Waals surface area contributed by atoms with Crippen LogP contribution in [0, 0.1) is 17.3 Å². The minimum absolute atomic E-state index is 0.00859. The molecule has 31 heavy (non-hydrogen) atoms. The standard InChI is InChI=1S/C27H33N3O/c1-27(2,3)17-19-8-10-20(11-9-19)18-29-26(31)23-16-25(21-12-14-28-15-13-21)30-24-7-5-4-6-22(23)24/h4-7,12-16,19-20H,8-11,17-18H2,1-3H3,(H,29,31). The van der Waals surface area contributed by atoms with Gasteiger partial charge in [0.15, 0.2) is 0 Å². The molecular formula is C27H33N3O. The van der Waals surface area contributed by atoms with Gasteiger partial charge in [0.25, 0.3) is 5.91 Å². The summed E-state index contributed by atoms with van der Waals surface area (Å²) in [6, 6.07) is 13.6. The van der Waals surface area contributed by atoms with Crippen molar-refractivity contribution >= 4 is 16.8 Å². The second-order valence-corrected chi connectivity index (χ2v) is 10.2. The molecule has 0 saturated heterocycles. The Morgan fingerprint density at radius 2 is 1.68 bits per heavy atom. The molecule has 1 N–H and O–H groups in total. The van der Waals surface area contributed by atoms with Crippen LogP contribution in [-0.4, -0.2) is 22.4 Å². The Bertz CT molecular complexity index is 1030. The molecule has 1 aliphatic rings. The van der Waals surface area contributed by atoms with E-state index in [0.29, 0.717) is 16.9 Å². The summed E-state index contributed by atoms with van der Waals surface area (Å²) in [6.07, 6.45) is 9.78. The number of aromatic nitrogens is 2. The number of rotatable bonds is 5. The Hall–Kier alpha value is -2.75. The molecule has 0 atom stereocenters. The summed E-state index contributed by atoms with van der Waals surface area (Å²) in [7, 11) is 0. The average Bonchev–Trinajstić information content (AvgIpc) is 2.77. The minimum Gasteiger partial charge on any atom is -0.352 e. The molecule has 162 valence electrons. The maximum Gasteiger partial charge on any atom is 0.252 e. The van der Waals surface area contributed by atoms with Crippen LogP contribution in [0.1, 0.15) is 63.2 Å². The second kappa shape index (κ2) is 9.17. The lowest BCUT2D eigenvalue weighted by Crippen LogP contribution is -2.32. The van der Waals surface area contributed by atoms with Crippen LogP contribution in [0.5, 0.6) is 0 Å². The molecule has 3 aromatic rings. The topological polar surface area (TPSA) is 54.9 Å². The number of fused-ring (bicyclic) bond motifs is 1. The summed E-state index contributed by atoms with van der Waals surface area (Å²) in [6.45, 7) is 7.75. The zero-order valence-corrected chi connectivity index (χ0v) is 18.9. The first-order valence-electron chi connectivity index (χ1n) is 11.5. The van der Waals surface area contributed by atoms with Crippen molar-refractivity contribution in [3.63, 3.8) is 0 Å². The zero-order valence-electron chi connectivity index (χ0n) is 18.9. The third kappa shape index (κ3) is 5.49. The highest BCUT2D eigenvalue weighted by atomic mass is 16.1. The van der Waals surface area contributed by atoms with Crippen molar-refractivity contribution in [3.05, 3.63) is 60.4 Å². The van der Waals surface area contributed by atoms with Crippen LogP contribution in [0.25, 0.3) is 22.2 Å². The van der Waals surface area contributed by atoms with Crippen molar-refractivity contribution in [2.75, 3.05) is 6.54 Å². The third-order valence-electron chi connectivity index (χ3n) is 6.36. The summed E-state index contributed by atoms with van der Waals surface area (Å²) in [5.41, 5.74) is 3.70.